The second kappa shape index (κ2) is 6.34. The van der Waals surface area contributed by atoms with Crippen molar-refractivity contribution >= 4 is 5.91 Å². The van der Waals surface area contributed by atoms with Gasteiger partial charge in [-0.05, 0) is 31.9 Å². The number of aryl methyl sites for hydroxylation is 1. The molecule has 1 atom stereocenters. The highest BCUT2D eigenvalue weighted by Crippen LogP contribution is 2.13. The van der Waals surface area contributed by atoms with Crippen LogP contribution >= 0.6 is 0 Å². The molecule has 2 aromatic rings. The summed E-state index contributed by atoms with van der Waals surface area (Å²) in [6.45, 7) is 2.57. The van der Waals surface area contributed by atoms with E-state index in [9.17, 15) is 14.7 Å². The number of aliphatic hydroxyl groups is 1. The summed E-state index contributed by atoms with van der Waals surface area (Å²) in [5, 5.41) is 14.0. The van der Waals surface area contributed by atoms with Crippen molar-refractivity contribution in [2.45, 2.75) is 25.9 Å². The molecule has 1 aromatic carbocycles. The van der Waals surface area contributed by atoms with Crippen molar-refractivity contribution in [1.82, 2.24) is 14.7 Å². The van der Waals surface area contributed by atoms with Gasteiger partial charge >= 0.3 is 0 Å². The van der Waals surface area contributed by atoms with E-state index in [1.165, 1.54) is 11.0 Å². The Labute approximate surface area is 134 Å². The normalized spacial score (nSPS) is 18.0. The first-order valence-corrected chi connectivity index (χ1v) is 7.70. The Bertz CT molecular complexity index is 770. The SMILES string of the molecule is Cc1cc(=O)c(C(=O)N2CCCC(O)C2)nn1-c1ccccc1. The van der Waals surface area contributed by atoms with E-state index in [4.69, 9.17) is 0 Å². The van der Waals surface area contributed by atoms with E-state index in [0.717, 1.165) is 12.1 Å². The quantitative estimate of drug-likeness (QED) is 0.902. The lowest BCUT2D eigenvalue weighted by Gasteiger charge is -2.29. The summed E-state index contributed by atoms with van der Waals surface area (Å²) < 4.78 is 1.59. The van der Waals surface area contributed by atoms with Gasteiger partial charge in [-0.1, -0.05) is 18.2 Å². The van der Waals surface area contributed by atoms with Gasteiger partial charge in [-0.2, -0.15) is 5.10 Å². The summed E-state index contributed by atoms with van der Waals surface area (Å²) in [6.07, 6.45) is 0.875. The van der Waals surface area contributed by atoms with E-state index in [-0.39, 0.29) is 17.7 Å². The molecule has 120 valence electrons. The molecule has 1 aromatic heterocycles. The Morgan fingerprint density at radius 1 is 1.30 bits per heavy atom. The molecule has 2 heterocycles. The van der Waals surface area contributed by atoms with Crippen molar-refractivity contribution in [3.63, 3.8) is 0 Å². The number of β-amino-alcohol motifs (C(OH)–C–C–N with tert-alkyl or cyclic N) is 1. The van der Waals surface area contributed by atoms with Gasteiger partial charge in [0.1, 0.15) is 0 Å². The molecule has 1 saturated heterocycles. The first-order chi connectivity index (χ1) is 11.1. The van der Waals surface area contributed by atoms with Crippen molar-refractivity contribution in [2.75, 3.05) is 13.1 Å². The molecule has 0 saturated carbocycles. The molecular weight excluding hydrogens is 294 g/mol. The van der Waals surface area contributed by atoms with Crippen molar-refractivity contribution in [2.24, 2.45) is 0 Å². The summed E-state index contributed by atoms with van der Waals surface area (Å²) in [4.78, 5) is 26.3. The number of aliphatic hydroxyl groups excluding tert-OH is 1. The standard InChI is InChI=1S/C17H19N3O3/c1-12-10-15(22)16(17(23)19-9-5-8-14(21)11-19)18-20(12)13-6-3-2-4-7-13/h2-4,6-7,10,14,21H,5,8-9,11H2,1H3. The van der Waals surface area contributed by atoms with E-state index in [2.05, 4.69) is 5.10 Å². The first kappa shape index (κ1) is 15.4. The van der Waals surface area contributed by atoms with E-state index >= 15 is 0 Å². The van der Waals surface area contributed by atoms with Gasteiger partial charge in [-0.3, -0.25) is 9.59 Å². The zero-order valence-electron chi connectivity index (χ0n) is 13.0. The summed E-state index contributed by atoms with van der Waals surface area (Å²) in [7, 11) is 0. The Morgan fingerprint density at radius 3 is 2.74 bits per heavy atom. The van der Waals surface area contributed by atoms with Crippen LogP contribution in [0.3, 0.4) is 0 Å². The molecule has 1 unspecified atom stereocenters. The summed E-state index contributed by atoms with van der Waals surface area (Å²) in [5.41, 5.74) is 0.961. The van der Waals surface area contributed by atoms with Crippen LogP contribution in [-0.2, 0) is 0 Å². The third kappa shape index (κ3) is 3.17. The minimum Gasteiger partial charge on any atom is -0.391 e. The Kier molecular flexibility index (Phi) is 4.25. The molecule has 0 bridgehead atoms. The van der Waals surface area contributed by atoms with Gasteiger partial charge < -0.3 is 10.0 Å². The smallest absolute Gasteiger partial charge is 0.278 e. The number of carbonyl (C=O) groups excluding carboxylic acids is 1. The Balaban J connectivity index is 1.99. The number of amides is 1. The number of para-hydroxylation sites is 1. The lowest BCUT2D eigenvalue weighted by molar-refractivity contribution is 0.0466. The minimum absolute atomic E-state index is 0.103. The zero-order chi connectivity index (χ0) is 16.4. The monoisotopic (exact) mass is 313 g/mol. The molecule has 3 rings (SSSR count). The predicted octanol–water partition coefficient (Wildman–Crippen LogP) is 1.14. The molecule has 1 aliphatic rings. The maximum absolute atomic E-state index is 12.6. The van der Waals surface area contributed by atoms with Crippen molar-refractivity contribution in [3.8, 4) is 5.69 Å². The van der Waals surface area contributed by atoms with Gasteiger partial charge in [0.15, 0.2) is 5.69 Å². The van der Waals surface area contributed by atoms with Crippen LogP contribution in [0.15, 0.2) is 41.2 Å². The predicted molar refractivity (Wildman–Crippen MR) is 85.7 cm³/mol. The van der Waals surface area contributed by atoms with E-state index in [1.807, 2.05) is 30.3 Å². The van der Waals surface area contributed by atoms with Crippen LogP contribution in [0.25, 0.3) is 5.69 Å². The van der Waals surface area contributed by atoms with Crippen LogP contribution in [0.1, 0.15) is 29.0 Å². The lowest BCUT2D eigenvalue weighted by Crippen LogP contribution is -2.44. The second-order valence-corrected chi connectivity index (χ2v) is 5.79. The highest BCUT2D eigenvalue weighted by Gasteiger charge is 2.26. The van der Waals surface area contributed by atoms with Crippen LogP contribution in [0.5, 0.6) is 0 Å². The summed E-state index contributed by atoms with van der Waals surface area (Å²) >= 11 is 0. The fourth-order valence-corrected chi connectivity index (χ4v) is 2.82. The van der Waals surface area contributed by atoms with Gasteiger partial charge in [0.25, 0.3) is 5.91 Å². The number of hydrogen-bond acceptors (Lipinski definition) is 4. The Hall–Kier alpha value is -2.47. The molecule has 23 heavy (non-hydrogen) atoms. The number of aromatic nitrogens is 2. The number of carbonyl (C=O) groups is 1. The molecule has 1 N–H and O–H groups in total. The number of piperidine rings is 1. The number of hydrogen-bond donors (Lipinski definition) is 1. The first-order valence-electron chi connectivity index (χ1n) is 7.70. The van der Waals surface area contributed by atoms with Crippen molar-refractivity contribution in [1.29, 1.82) is 0 Å². The van der Waals surface area contributed by atoms with E-state index < -0.39 is 12.0 Å². The topological polar surface area (TPSA) is 75.4 Å². The third-order valence-electron chi connectivity index (χ3n) is 3.99. The largest absolute Gasteiger partial charge is 0.391 e. The van der Waals surface area contributed by atoms with Crippen LogP contribution < -0.4 is 5.43 Å². The van der Waals surface area contributed by atoms with E-state index in [0.29, 0.717) is 18.7 Å². The number of nitrogens with zero attached hydrogens (tertiary/aromatic N) is 3. The molecule has 0 spiro atoms. The van der Waals surface area contributed by atoms with Crippen LogP contribution in [-0.4, -0.2) is 44.9 Å². The number of rotatable bonds is 2. The molecule has 0 radical (unpaired) electrons. The summed E-state index contributed by atoms with van der Waals surface area (Å²) in [6, 6.07) is 10.8. The maximum Gasteiger partial charge on any atom is 0.278 e. The van der Waals surface area contributed by atoms with Gasteiger partial charge in [0, 0.05) is 24.8 Å². The van der Waals surface area contributed by atoms with Crippen LogP contribution in [0.4, 0.5) is 0 Å². The van der Waals surface area contributed by atoms with Crippen LogP contribution in [0, 0.1) is 6.92 Å². The highest BCUT2D eigenvalue weighted by atomic mass is 16.3. The molecule has 6 heteroatoms. The summed E-state index contributed by atoms with van der Waals surface area (Å²) in [5.74, 6) is -0.418. The van der Waals surface area contributed by atoms with Crippen molar-refractivity contribution in [3.05, 3.63) is 58.0 Å². The van der Waals surface area contributed by atoms with Gasteiger partial charge in [-0.25, -0.2) is 4.68 Å². The molecule has 1 amide bonds. The fourth-order valence-electron chi connectivity index (χ4n) is 2.82. The van der Waals surface area contributed by atoms with Crippen molar-refractivity contribution < 1.29 is 9.90 Å². The fraction of sp³-hybridized carbons (Fsp3) is 0.353. The molecule has 1 fully saturated rings. The Morgan fingerprint density at radius 2 is 2.04 bits per heavy atom. The van der Waals surface area contributed by atoms with E-state index in [1.54, 1.807) is 11.6 Å². The van der Waals surface area contributed by atoms with Gasteiger partial charge in [0.2, 0.25) is 5.43 Å². The van der Waals surface area contributed by atoms with Crippen LogP contribution in [0.2, 0.25) is 0 Å². The molecule has 6 nitrogen and oxygen atoms in total. The highest BCUT2D eigenvalue weighted by molar-refractivity contribution is 5.92. The minimum atomic E-state index is -0.533. The maximum atomic E-state index is 12.6. The molecular formula is C17H19N3O3. The second-order valence-electron chi connectivity index (χ2n) is 5.79. The average Bonchev–Trinajstić information content (AvgIpc) is 2.55. The zero-order valence-corrected chi connectivity index (χ0v) is 13.0. The number of likely N-dealkylation sites (tertiary alicyclic amines) is 1. The average molecular weight is 313 g/mol. The number of benzene rings is 1. The molecule has 1 aliphatic heterocycles. The van der Waals surface area contributed by atoms with Gasteiger partial charge in [-0.15, -0.1) is 0 Å². The van der Waals surface area contributed by atoms with Gasteiger partial charge in [0.05, 0.1) is 11.8 Å². The lowest BCUT2D eigenvalue weighted by atomic mass is 10.1. The third-order valence-corrected chi connectivity index (χ3v) is 3.99. The molecule has 0 aliphatic carbocycles.